The Kier molecular flexibility index (Phi) is 4.05. The Labute approximate surface area is 113 Å². The fourth-order valence-electron chi connectivity index (χ4n) is 1.53. The van der Waals surface area contributed by atoms with Gasteiger partial charge in [0.25, 0.3) is 11.8 Å². The van der Waals surface area contributed by atoms with Crippen LogP contribution in [0.1, 0.15) is 20.7 Å². The summed E-state index contributed by atoms with van der Waals surface area (Å²) in [4.78, 5) is 23.3. The Balaban J connectivity index is 2.00. The summed E-state index contributed by atoms with van der Waals surface area (Å²) in [6.07, 6.45) is 0. The van der Waals surface area contributed by atoms with Crippen molar-refractivity contribution in [1.82, 2.24) is 10.9 Å². The van der Waals surface area contributed by atoms with Crippen LogP contribution in [-0.2, 0) is 0 Å². The van der Waals surface area contributed by atoms with Gasteiger partial charge in [-0.25, -0.2) is 8.78 Å². The third kappa shape index (κ3) is 3.38. The Morgan fingerprint density at radius 1 is 0.750 bits per heavy atom. The normalized spacial score (nSPS) is 9.90. The molecule has 2 aromatic carbocycles. The van der Waals surface area contributed by atoms with Gasteiger partial charge in [-0.3, -0.25) is 20.4 Å². The number of carbonyl (C=O) groups excluding carboxylic acids is 2. The van der Waals surface area contributed by atoms with E-state index in [1.54, 1.807) is 30.3 Å². The summed E-state index contributed by atoms with van der Waals surface area (Å²) in [5, 5.41) is 0. The zero-order valence-corrected chi connectivity index (χ0v) is 10.2. The zero-order valence-electron chi connectivity index (χ0n) is 10.2. The average Bonchev–Trinajstić information content (AvgIpc) is 2.44. The van der Waals surface area contributed by atoms with E-state index >= 15 is 0 Å². The number of carbonyl (C=O) groups is 2. The van der Waals surface area contributed by atoms with E-state index < -0.39 is 23.4 Å². The number of rotatable bonds is 2. The highest BCUT2D eigenvalue weighted by atomic mass is 19.1. The first kappa shape index (κ1) is 13.7. The van der Waals surface area contributed by atoms with Crippen LogP contribution in [0.15, 0.2) is 48.5 Å². The molecule has 2 amide bonds. The summed E-state index contributed by atoms with van der Waals surface area (Å²) in [6.45, 7) is 0. The highest BCUT2D eigenvalue weighted by molar-refractivity contribution is 5.99. The molecule has 0 unspecified atom stereocenters. The van der Waals surface area contributed by atoms with Crippen LogP contribution in [-0.4, -0.2) is 11.8 Å². The predicted octanol–water partition coefficient (Wildman–Crippen LogP) is 2.04. The molecule has 20 heavy (non-hydrogen) atoms. The lowest BCUT2D eigenvalue weighted by molar-refractivity contribution is 0.0846. The summed E-state index contributed by atoms with van der Waals surface area (Å²) in [6, 6.07) is 10.6. The van der Waals surface area contributed by atoms with Crippen LogP contribution in [0.2, 0.25) is 0 Å². The van der Waals surface area contributed by atoms with Gasteiger partial charge in [-0.2, -0.15) is 0 Å². The highest BCUT2D eigenvalue weighted by Gasteiger charge is 2.11. The van der Waals surface area contributed by atoms with E-state index in [9.17, 15) is 18.4 Å². The molecule has 102 valence electrons. The fraction of sp³-hybridized carbons (Fsp3) is 0. The molecule has 0 aliphatic carbocycles. The van der Waals surface area contributed by atoms with Gasteiger partial charge in [0, 0.05) is 17.2 Å². The summed E-state index contributed by atoms with van der Waals surface area (Å²) < 4.78 is 25.9. The van der Waals surface area contributed by atoms with E-state index in [0.29, 0.717) is 11.6 Å². The minimum Gasteiger partial charge on any atom is -0.267 e. The Hall–Kier alpha value is -2.76. The first-order valence-electron chi connectivity index (χ1n) is 5.68. The highest BCUT2D eigenvalue weighted by Crippen LogP contribution is 2.07. The van der Waals surface area contributed by atoms with Gasteiger partial charge < -0.3 is 0 Å². The van der Waals surface area contributed by atoms with E-state index in [2.05, 4.69) is 10.9 Å². The van der Waals surface area contributed by atoms with Gasteiger partial charge in [0.15, 0.2) is 0 Å². The third-order valence-corrected chi connectivity index (χ3v) is 2.45. The molecule has 0 heterocycles. The zero-order chi connectivity index (χ0) is 14.5. The maximum atomic E-state index is 12.9. The van der Waals surface area contributed by atoms with E-state index in [1.807, 2.05) is 0 Å². The average molecular weight is 276 g/mol. The molecule has 0 saturated carbocycles. The molecule has 0 aliphatic rings. The van der Waals surface area contributed by atoms with Crippen molar-refractivity contribution in [3.05, 3.63) is 71.3 Å². The maximum Gasteiger partial charge on any atom is 0.269 e. The molecule has 0 spiro atoms. The lowest BCUT2D eigenvalue weighted by atomic mass is 10.2. The van der Waals surface area contributed by atoms with Gasteiger partial charge in [-0.15, -0.1) is 0 Å². The van der Waals surface area contributed by atoms with Crippen LogP contribution < -0.4 is 10.9 Å². The molecule has 0 aliphatic heterocycles. The van der Waals surface area contributed by atoms with Crippen molar-refractivity contribution < 1.29 is 18.4 Å². The van der Waals surface area contributed by atoms with Crippen LogP contribution in [0.5, 0.6) is 0 Å². The summed E-state index contributed by atoms with van der Waals surface area (Å²) in [5.74, 6) is -3.09. The second-order valence-corrected chi connectivity index (χ2v) is 3.93. The number of hydrogen-bond acceptors (Lipinski definition) is 2. The Bertz CT molecular complexity index is 625. The standard InChI is InChI=1S/C14H10F2N2O2/c15-11-6-10(7-12(16)8-11)14(20)18-17-13(19)9-4-2-1-3-5-9/h1-8H,(H,17,19)(H,18,20). The lowest BCUT2D eigenvalue weighted by Crippen LogP contribution is -2.41. The number of nitrogens with one attached hydrogen (secondary N) is 2. The molecule has 0 saturated heterocycles. The molecule has 0 atom stereocenters. The van der Waals surface area contributed by atoms with Crippen molar-refractivity contribution in [1.29, 1.82) is 0 Å². The fourth-order valence-corrected chi connectivity index (χ4v) is 1.53. The number of hydrogen-bond donors (Lipinski definition) is 2. The minimum atomic E-state index is -0.871. The van der Waals surface area contributed by atoms with Crippen molar-refractivity contribution in [2.75, 3.05) is 0 Å². The van der Waals surface area contributed by atoms with E-state index in [0.717, 1.165) is 12.1 Å². The van der Waals surface area contributed by atoms with Crippen LogP contribution in [0.4, 0.5) is 8.78 Å². The summed E-state index contributed by atoms with van der Waals surface area (Å²) in [7, 11) is 0. The van der Waals surface area contributed by atoms with E-state index in [4.69, 9.17) is 0 Å². The first-order chi connectivity index (χ1) is 9.56. The van der Waals surface area contributed by atoms with Crippen LogP contribution >= 0.6 is 0 Å². The van der Waals surface area contributed by atoms with Crippen molar-refractivity contribution in [3.8, 4) is 0 Å². The van der Waals surface area contributed by atoms with Crippen LogP contribution in [0.25, 0.3) is 0 Å². The maximum absolute atomic E-state index is 12.9. The molecule has 0 aromatic heterocycles. The van der Waals surface area contributed by atoms with Gasteiger partial charge in [0.05, 0.1) is 0 Å². The molecule has 2 N–H and O–H groups in total. The van der Waals surface area contributed by atoms with Gasteiger partial charge in [0.2, 0.25) is 0 Å². The largest absolute Gasteiger partial charge is 0.269 e. The SMILES string of the molecule is O=C(NNC(=O)c1cc(F)cc(F)c1)c1ccccc1. The number of amides is 2. The quantitative estimate of drug-likeness (QED) is 0.825. The third-order valence-electron chi connectivity index (χ3n) is 2.45. The van der Waals surface area contributed by atoms with Crippen LogP contribution in [0.3, 0.4) is 0 Å². The van der Waals surface area contributed by atoms with Gasteiger partial charge in [0.1, 0.15) is 11.6 Å². The van der Waals surface area contributed by atoms with Crippen molar-refractivity contribution in [2.45, 2.75) is 0 Å². The molecule has 2 aromatic rings. The second-order valence-electron chi connectivity index (χ2n) is 3.93. The van der Waals surface area contributed by atoms with Gasteiger partial charge in [-0.1, -0.05) is 18.2 Å². The topological polar surface area (TPSA) is 58.2 Å². The van der Waals surface area contributed by atoms with Crippen molar-refractivity contribution in [3.63, 3.8) is 0 Å². The molecule has 0 fully saturated rings. The lowest BCUT2D eigenvalue weighted by Gasteiger charge is -2.07. The first-order valence-corrected chi connectivity index (χ1v) is 5.68. The van der Waals surface area contributed by atoms with Crippen LogP contribution in [0, 0.1) is 11.6 Å². The molecule has 4 nitrogen and oxygen atoms in total. The summed E-state index contributed by atoms with van der Waals surface area (Å²) >= 11 is 0. The Morgan fingerprint density at radius 2 is 1.25 bits per heavy atom. The molecule has 0 radical (unpaired) electrons. The smallest absolute Gasteiger partial charge is 0.267 e. The molecule has 2 rings (SSSR count). The Morgan fingerprint density at radius 3 is 1.80 bits per heavy atom. The van der Waals surface area contributed by atoms with Gasteiger partial charge in [-0.05, 0) is 24.3 Å². The molecule has 0 bridgehead atoms. The van der Waals surface area contributed by atoms with Gasteiger partial charge >= 0.3 is 0 Å². The van der Waals surface area contributed by atoms with E-state index in [1.165, 1.54) is 0 Å². The number of halogens is 2. The number of hydrazine groups is 1. The van der Waals surface area contributed by atoms with Crippen molar-refractivity contribution in [2.24, 2.45) is 0 Å². The monoisotopic (exact) mass is 276 g/mol. The molecular weight excluding hydrogens is 266 g/mol. The summed E-state index contributed by atoms with van der Waals surface area (Å²) in [5.41, 5.74) is 4.35. The predicted molar refractivity (Wildman–Crippen MR) is 67.7 cm³/mol. The second kappa shape index (κ2) is 5.92. The minimum absolute atomic E-state index is 0.226. The molecular formula is C14H10F2N2O2. The molecule has 6 heteroatoms. The van der Waals surface area contributed by atoms with Crippen molar-refractivity contribution >= 4 is 11.8 Å². The number of benzene rings is 2. The van der Waals surface area contributed by atoms with E-state index in [-0.39, 0.29) is 5.56 Å².